The molecule has 21 heavy (non-hydrogen) atoms. The first kappa shape index (κ1) is 15.5. The molecule has 2 heterocycles. The number of anilines is 1. The Morgan fingerprint density at radius 1 is 1.24 bits per heavy atom. The number of amides is 1. The van der Waals surface area contributed by atoms with Gasteiger partial charge in [-0.3, -0.25) is 4.79 Å². The largest absolute Gasteiger partial charge is 0.419 e. The molecule has 0 saturated carbocycles. The van der Waals surface area contributed by atoms with Crippen LogP contribution in [0.2, 0.25) is 0 Å². The van der Waals surface area contributed by atoms with Crippen LogP contribution in [0.4, 0.5) is 19.1 Å². The van der Waals surface area contributed by atoms with Crippen molar-refractivity contribution in [3.63, 3.8) is 0 Å². The van der Waals surface area contributed by atoms with E-state index in [0.29, 0.717) is 26.2 Å². The molecule has 116 valence electrons. The van der Waals surface area contributed by atoms with E-state index in [4.69, 9.17) is 5.73 Å². The van der Waals surface area contributed by atoms with Crippen LogP contribution in [0.15, 0.2) is 12.4 Å². The van der Waals surface area contributed by atoms with Crippen LogP contribution in [-0.2, 0) is 11.0 Å². The lowest BCUT2D eigenvalue weighted by atomic mass is 10.2. The number of piperazine rings is 1. The van der Waals surface area contributed by atoms with E-state index in [1.165, 1.54) is 0 Å². The van der Waals surface area contributed by atoms with Gasteiger partial charge in [0.15, 0.2) is 0 Å². The molecule has 9 heteroatoms. The SMILES string of the molecule is C[C@@H](N)C(=O)N1CCN(c2ncc(C(F)(F)F)cn2)CC1. The molecule has 0 radical (unpaired) electrons. The Hall–Kier alpha value is -1.90. The summed E-state index contributed by atoms with van der Waals surface area (Å²) in [5.41, 5.74) is 4.66. The lowest BCUT2D eigenvalue weighted by Crippen LogP contribution is -2.52. The van der Waals surface area contributed by atoms with Crippen LogP contribution >= 0.6 is 0 Å². The topological polar surface area (TPSA) is 75.4 Å². The number of carbonyl (C=O) groups excluding carboxylic acids is 1. The molecule has 0 bridgehead atoms. The maximum Gasteiger partial charge on any atom is 0.419 e. The maximum atomic E-state index is 12.4. The van der Waals surface area contributed by atoms with E-state index in [9.17, 15) is 18.0 Å². The summed E-state index contributed by atoms with van der Waals surface area (Å²) in [6.07, 6.45) is -2.91. The van der Waals surface area contributed by atoms with E-state index in [-0.39, 0.29) is 11.9 Å². The van der Waals surface area contributed by atoms with Crippen molar-refractivity contribution in [1.29, 1.82) is 0 Å². The zero-order valence-corrected chi connectivity index (χ0v) is 11.5. The molecule has 2 rings (SSSR count). The third-order valence-electron chi connectivity index (χ3n) is 3.23. The van der Waals surface area contributed by atoms with Crippen LogP contribution < -0.4 is 10.6 Å². The quantitative estimate of drug-likeness (QED) is 0.860. The van der Waals surface area contributed by atoms with E-state index in [1.807, 2.05) is 0 Å². The number of halogens is 3. The van der Waals surface area contributed by atoms with Gasteiger partial charge in [-0.2, -0.15) is 13.2 Å². The molecule has 6 nitrogen and oxygen atoms in total. The van der Waals surface area contributed by atoms with Crippen molar-refractivity contribution in [3.05, 3.63) is 18.0 Å². The van der Waals surface area contributed by atoms with Gasteiger partial charge in [0.05, 0.1) is 11.6 Å². The minimum absolute atomic E-state index is 0.136. The molecule has 1 amide bonds. The smallest absolute Gasteiger partial charge is 0.338 e. The number of rotatable bonds is 2. The Balaban J connectivity index is 1.98. The van der Waals surface area contributed by atoms with Crippen LogP contribution in [0, 0.1) is 0 Å². The van der Waals surface area contributed by atoms with Gasteiger partial charge in [-0.15, -0.1) is 0 Å². The van der Waals surface area contributed by atoms with Crippen LogP contribution in [0.3, 0.4) is 0 Å². The van der Waals surface area contributed by atoms with Crippen molar-refractivity contribution in [1.82, 2.24) is 14.9 Å². The summed E-state index contributed by atoms with van der Waals surface area (Å²) in [5, 5.41) is 0. The van der Waals surface area contributed by atoms with Crippen molar-refractivity contribution < 1.29 is 18.0 Å². The van der Waals surface area contributed by atoms with Gasteiger partial charge in [0.1, 0.15) is 0 Å². The third kappa shape index (κ3) is 3.60. The van der Waals surface area contributed by atoms with Crippen molar-refractivity contribution in [3.8, 4) is 0 Å². The predicted octanol–water partition coefficient (Wildman–Crippen LogP) is 0.491. The van der Waals surface area contributed by atoms with Gasteiger partial charge in [0.2, 0.25) is 11.9 Å². The van der Waals surface area contributed by atoms with E-state index in [0.717, 1.165) is 12.4 Å². The fourth-order valence-corrected chi connectivity index (χ4v) is 2.05. The van der Waals surface area contributed by atoms with Crippen molar-refractivity contribution in [2.24, 2.45) is 5.73 Å². The highest BCUT2D eigenvalue weighted by Gasteiger charge is 2.32. The summed E-state index contributed by atoms with van der Waals surface area (Å²) in [4.78, 5) is 22.6. The number of nitrogens with two attached hydrogens (primary N) is 1. The zero-order chi connectivity index (χ0) is 15.6. The summed E-state index contributed by atoms with van der Waals surface area (Å²) < 4.78 is 37.3. The molecular weight excluding hydrogens is 287 g/mol. The van der Waals surface area contributed by atoms with Gasteiger partial charge in [0.25, 0.3) is 0 Å². The Morgan fingerprint density at radius 2 is 1.76 bits per heavy atom. The normalized spacial score (nSPS) is 17.8. The number of nitrogens with zero attached hydrogens (tertiary/aromatic N) is 4. The predicted molar refractivity (Wildman–Crippen MR) is 69.5 cm³/mol. The highest BCUT2D eigenvalue weighted by Crippen LogP contribution is 2.28. The molecule has 1 saturated heterocycles. The fourth-order valence-electron chi connectivity index (χ4n) is 2.05. The minimum Gasteiger partial charge on any atom is -0.338 e. The second-order valence-corrected chi connectivity index (χ2v) is 4.87. The van der Waals surface area contributed by atoms with Gasteiger partial charge >= 0.3 is 6.18 Å². The first-order valence-electron chi connectivity index (χ1n) is 6.47. The molecule has 0 aromatic carbocycles. The molecule has 1 aliphatic heterocycles. The Kier molecular flexibility index (Phi) is 4.31. The summed E-state index contributed by atoms with van der Waals surface area (Å²) in [6.45, 7) is 3.44. The molecule has 0 aliphatic carbocycles. The van der Waals surface area contributed by atoms with Crippen molar-refractivity contribution in [2.75, 3.05) is 31.1 Å². The van der Waals surface area contributed by atoms with Crippen molar-refractivity contribution >= 4 is 11.9 Å². The highest BCUT2D eigenvalue weighted by molar-refractivity contribution is 5.81. The van der Waals surface area contributed by atoms with Crippen LogP contribution in [0.1, 0.15) is 12.5 Å². The van der Waals surface area contributed by atoms with E-state index < -0.39 is 17.8 Å². The first-order chi connectivity index (χ1) is 9.79. The number of hydrogen-bond acceptors (Lipinski definition) is 5. The summed E-state index contributed by atoms with van der Waals surface area (Å²) in [6, 6.07) is -0.557. The van der Waals surface area contributed by atoms with Crippen molar-refractivity contribution in [2.45, 2.75) is 19.1 Å². The number of hydrogen-bond donors (Lipinski definition) is 1. The summed E-state index contributed by atoms with van der Waals surface area (Å²) in [5.74, 6) is 0.0962. The standard InChI is InChI=1S/C12H16F3N5O/c1-8(16)10(21)19-2-4-20(5-3-19)11-17-6-9(7-18-11)12(13,14)15/h6-8H,2-5,16H2,1H3/t8-/m1/s1. The highest BCUT2D eigenvalue weighted by atomic mass is 19.4. The van der Waals surface area contributed by atoms with Crippen LogP contribution in [0.25, 0.3) is 0 Å². The Bertz CT molecular complexity index is 495. The monoisotopic (exact) mass is 303 g/mol. The Morgan fingerprint density at radius 3 is 2.19 bits per heavy atom. The van der Waals surface area contributed by atoms with Crippen LogP contribution in [-0.4, -0.2) is 53.0 Å². The number of alkyl halides is 3. The molecule has 0 unspecified atom stereocenters. The molecule has 1 aromatic rings. The second kappa shape index (κ2) is 5.84. The van der Waals surface area contributed by atoms with E-state index in [2.05, 4.69) is 9.97 Å². The van der Waals surface area contributed by atoms with Gasteiger partial charge < -0.3 is 15.5 Å². The number of aromatic nitrogens is 2. The fraction of sp³-hybridized carbons (Fsp3) is 0.583. The average molecular weight is 303 g/mol. The zero-order valence-electron chi connectivity index (χ0n) is 11.5. The average Bonchev–Trinajstić information content (AvgIpc) is 2.46. The van der Waals surface area contributed by atoms with Crippen LogP contribution in [0.5, 0.6) is 0 Å². The van der Waals surface area contributed by atoms with E-state index >= 15 is 0 Å². The molecule has 1 fully saturated rings. The number of carbonyl (C=O) groups is 1. The minimum atomic E-state index is -4.44. The molecule has 0 spiro atoms. The van der Waals surface area contributed by atoms with Gasteiger partial charge in [0, 0.05) is 38.6 Å². The van der Waals surface area contributed by atoms with Gasteiger partial charge in [-0.1, -0.05) is 0 Å². The molecule has 1 aliphatic rings. The summed E-state index contributed by atoms with van der Waals surface area (Å²) >= 11 is 0. The molecule has 1 aromatic heterocycles. The second-order valence-electron chi connectivity index (χ2n) is 4.87. The van der Waals surface area contributed by atoms with Gasteiger partial charge in [-0.05, 0) is 6.92 Å². The lowest BCUT2D eigenvalue weighted by molar-refractivity contribution is -0.138. The maximum absolute atomic E-state index is 12.4. The van der Waals surface area contributed by atoms with E-state index in [1.54, 1.807) is 16.7 Å². The van der Waals surface area contributed by atoms with Gasteiger partial charge in [-0.25, -0.2) is 9.97 Å². The third-order valence-corrected chi connectivity index (χ3v) is 3.23. The summed E-state index contributed by atoms with van der Waals surface area (Å²) in [7, 11) is 0. The first-order valence-corrected chi connectivity index (χ1v) is 6.47. The molecule has 2 N–H and O–H groups in total. The Labute approximate surface area is 119 Å². The molecular formula is C12H16F3N5O. The molecule has 1 atom stereocenters. The lowest BCUT2D eigenvalue weighted by Gasteiger charge is -2.35.